The molecule has 1 aliphatic heterocycles. The van der Waals surface area contributed by atoms with Crippen molar-refractivity contribution in [1.82, 2.24) is 4.98 Å². The summed E-state index contributed by atoms with van der Waals surface area (Å²) >= 11 is 0. The first-order valence-corrected chi connectivity index (χ1v) is 7.22. The van der Waals surface area contributed by atoms with E-state index in [1.807, 2.05) is 12.3 Å². The fraction of sp³-hybridized carbons (Fsp3) is 0.353. The Kier molecular flexibility index (Phi) is 3.59. The first kappa shape index (κ1) is 13.0. The van der Waals surface area contributed by atoms with Gasteiger partial charge in [0.15, 0.2) is 0 Å². The highest BCUT2D eigenvalue weighted by molar-refractivity contribution is 5.52. The SMILES string of the molecule is Cc1ccc(N2CCN(c3ccccn3)CC2)cc1C. The summed E-state index contributed by atoms with van der Waals surface area (Å²) in [5.41, 5.74) is 4.07. The van der Waals surface area contributed by atoms with E-state index < -0.39 is 0 Å². The number of nitrogens with zero attached hydrogens (tertiary/aromatic N) is 3. The zero-order valence-corrected chi connectivity index (χ0v) is 12.2. The van der Waals surface area contributed by atoms with Gasteiger partial charge in [0.1, 0.15) is 5.82 Å². The van der Waals surface area contributed by atoms with Crippen molar-refractivity contribution in [1.29, 1.82) is 0 Å². The minimum atomic E-state index is 1.03. The summed E-state index contributed by atoms with van der Waals surface area (Å²) in [7, 11) is 0. The minimum absolute atomic E-state index is 1.03. The molecule has 20 heavy (non-hydrogen) atoms. The number of hydrogen-bond donors (Lipinski definition) is 0. The maximum Gasteiger partial charge on any atom is 0.128 e. The van der Waals surface area contributed by atoms with E-state index >= 15 is 0 Å². The van der Waals surface area contributed by atoms with E-state index in [9.17, 15) is 0 Å². The van der Waals surface area contributed by atoms with Gasteiger partial charge in [-0.1, -0.05) is 12.1 Å². The van der Waals surface area contributed by atoms with E-state index in [-0.39, 0.29) is 0 Å². The maximum atomic E-state index is 4.43. The van der Waals surface area contributed by atoms with Crippen molar-refractivity contribution in [2.24, 2.45) is 0 Å². The molecule has 3 heteroatoms. The lowest BCUT2D eigenvalue weighted by atomic mass is 10.1. The Labute approximate surface area is 120 Å². The average Bonchev–Trinajstić information content (AvgIpc) is 2.51. The molecule has 0 aliphatic carbocycles. The van der Waals surface area contributed by atoms with Crippen molar-refractivity contribution >= 4 is 11.5 Å². The van der Waals surface area contributed by atoms with E-state index in [0.717, 1.165) is 32.0 Å². The number of aryl methyl sites for hydroxylation is 2. The molecule has 0 atom stereocenters. The van der Waals surface area contributed by atoms with Crippen molar-refractivity contribution in [2.75, 3.05) is 36.0 Å². The zero-order chi connectivity index (χ0) is 13.9. The molecular weight excluding hydrogens is 246 g/mol. The third kappa shape index (κ3) is 2.62. The number of hydrogen-bond acceptors (Lipinski definition) is 3. The number of anilines is 2. The maximum absolute atomic E-state index is 4.43. The topological polar surface area (TPSA) is 19.4 Å². The third-order valence-corrected chi connectivity index (χ3v) is 4.11. The van der Waals surface area contributed by atoms with Crippen LogP contribution in [0.25, 0.3) is 0 Å². The second kappa shape index (κ2) is 5.53. The molecule has 3 nitrogen and oxygen atoms in total. The molecule has 104 valence electrons. The summed E-state index contributed by atoms with van der Waals surface area (Å²) in [6, 6.07) is 12.9. The molecule has 3 rings (SSSR count). The van der Waals surface area contributed by atoms with Crippen LogP contribution in [0, 0.1) is 13.8 Å². The standard InChI is InChI=1S/C17H21N3/c1-14-6-7-16(13-15(14)2)19-9-11-20(12-10-19)17-5-3-4-8-18-17/h3-8,13H,9-12H2,1-2H3. The molecule has 1 fully saturated rings. The normalized spacial score (nSPS) is 15.5. The number of benzene rings is 1. The Morgan fingerprint density at radius 1 is 0.850 bits per heavy atom. The van der Waals surface area contributed by atoms with Gasteiger partial charge < -0.3 is 9.80 Å². The van der Waals surface area contributed by atoms with Crippen LogP contribution >= 0.6 is 0 Å². The van der Waals surface area contributed by atoms with Crippen molar-refractivity contribution in [3.05, 3.63) is 53.7 Å². The molecule has 1 aromatic carbocycles. The van der Waals surface area contributed by atoms with E-state index in [0.29, 0.717) is 0 Å². The molecule has 0 saturated carbocycles. The van der Waals surface area contributed by atoms with Gasteiger partial charge >= 0.3 is 0 Å². The van der Waals surface area contributed by atoms with Gasteiger partial charge in [-0.2, -0.15) is 0 Å². The quantitative estimate of drug-likeness (QED) is 0.834. The third-order valence-electron chi connectivity index (χ3n) is 4.11. The highest BCUT2D eigenvalue weighted by Crippen LogP contribution is 2.21. The number of pyridine rings is 1. The smallest absolute Gasteiger partial charge is 0.128 e. The Hall–Kier alpha value is -2.03. The summed E-state index contributed by atoms with van der Waals surface area (Å²) in [6.07, 6.45) is 1.87. The van der Waals surface area contributed by atoms with Crippen molar-refractivity contribution < 1.29 is 0 Å². The molecule has 1 saturated heterocycles. The average molecular weight is 267 g/mol. The van der Waals surface area contributed by atoms with Crippen LogP contribution in [0.3, 0.4) is 0 Å². The molecular formula is C17H21N3. The second-order valence-electron chi connectivity index (χ2n) is 5.43. The lowest BCUT2D eigenvalue weighted by molar-refractivity contribution is 0.647. The van der Waals surface area contributed by atoms with Gasteiger partial charge in [0.2, 0.25) is 0 Å². The van der Waals surface area contributed by atoms with Crippen molar-refractivity contribution in [2.45, 2.75) is 13.8 Å². The number of rotatable bonds is 2. The largest absolute Gasteiger partial charge is 0.368 e. The summed E-state index contributed by atoms with van der Waals surface area (Å²) in [5.74, 6) is 1.09. The van der Waals surface area contributed by atoms with Gasteiger partial charge in [0, 0.05) is 38.1 Å². The van der Waals surface area contributed by atoms with Crippen LogP contribution in [0.5, 0.6) is 0 Å². The molecule has 1 aromatic heterocycles. The lowest BCUT2D eigenvalue weighted by Gasteiger charge is -2.37. The molecule has 1 aliphatic rings. The second-order valence-corrected chi connectivity index (χ2v) is 5.43. The van der Waals surface area contributed by atoms with Gasteiger partial charge in [-0.25, -0.2) is 4.98 Å². The fourth-order valence-corrected chi connectivity index (χ4v) is 2.66. The monoisotopic (exact) mass is 267 g/mol. The highest BCUT2D eigenvalue weighted by Gasteiger charge is 2.18. The van der Waals surface area contributed by atoms with Crippen LogP contribution in [0.2, 0.25) is 0 Å². The first-order chi connectivity index (χ1) is 9.74. The Morgan fingerprint density at radius 3 is 2.25 bits per heavy atom. The van der Waals surface area contributed by atoms with Crippen LogP contribution in [-0.2, 0) is 0 Å². The molecule has 2 heterocycles. The first-order valence-electron chi connectivity index (χ1n) is 7.22. The molecule has 0 N–H and O–H groups in total. The summed E-state index contributed by atoms with van der Waals surface area (Å²) < 4.78 is 0. The highest BCUT2D eigenvalue weighted by atomic mass is 15.3. The van der Waals surface area contributed by atoms with Gasteiger partial charge in [-0.3, -0.25) is 0 Å². The van der Waals surface area contributed by atoms with Crippen LogP contribution in [0.1, 0.15) is 11.1 Å². The zero-order valence-electron chi connectivity index (χ0n) is 12.2. The molecule has 0 unspecified atom stereocenters. The van der Waals surface area contributed by atoms with Gasteiger partial charge in [-0.15, -0.1) is 0 Å². The molecule has 0 spiro atoms. The van der Waals surface area contributed by atoms with Gasteiger partial charge in [-0.05, 0) is 49.2 Å². The lowest BCUT2D eigenvalue weighted by Crippen LogP contribution is -2.46. The molecule has 0 bridgehead atoms. The number of piperazine rings is 1. The van der Waals surface area contributed by atoms with Crippen LogP contribution in [0.4, 0.5) is 11.5 Å². The van der Waals surface area contributed by atoms with Gasteiger partial charge in [0.25, 0.3) is 0 Å². The van der Waals surface area contributed by atoms with Gasteiger partial charge in [0.05, 0.1) is 0 Å². The molecule has 0 radical (unpaired) electrons. The summed E-state index contributed by atoms with van der Waals surface area (Å²) in [4.78, 5) is 9.26. The predicted octanol–water partition coefficient (Wildman–Crippen LogP) is 3.03. The van der Waals surface area contributed by atoms with E-state index in [2.05, 4.69) is 59.0 Å². The Morgan fingerprint density at radius 2 is 1.60 bits per heavy atom. The minimum Gasteiger partial charge on any atom is -0.368 e. The summed E-state index contributed by atoms with van der Waals surface area (Å²) in [6.45, 7) is 8.52. The van der Waals surface area contributed by atoms with E-state index in [1.165, 1.54) is 16.8 Å². The fourth-order valence-electron chi connectivity index (χ4n) is 2.66. The Balaban J connectivity index is 1.68. The van der Waals surface area contributed by atoms with Crippen LogP contribution in [0.15, 0.2) is 42.6 Å². The number of aromatic nitrogens is 1. The van der Waals surface area contributed by atoms with Crippen molar-refractivity contribution in [3.63, 3.8) is 0 Å². The molecule has 2 aromatic rings. The summed E-state index contributed by atoms with van der Waals surface area (Å²) in [5, 5.41) is 0. The Bertz CT molecular complexity index is 572. The van der Waals surface area contributed by atoms with Crippen LogP contribution < -0.4 is 9.80 Å². The van der Waals surface area contributed by atoms with Crippen LogP contribution in [-0.4, -0.2) is 31.2 Å². The van der Waals surface area contributed by atoms with Crippen molar-refractivity contribution in [3.8, 4) is 0 Å². The molecule has 0 amide bonds. The predicted molar refractivity (Wildman–Crippen MR) is 84.6 cm³/mol. The van der Waals surface area contributed by atoms with E-state index in [1.54, 1.807) is 0 Å². The van der Waals surface area contributed by atoms with E-state index in [4.69, 9.17) is 0 Å².